The number of rotatable bonds is 8. The average Bonchev–Trinajstić information content (AvgIpc) is 3.62. The topological polar surface area (TPSA) is 95.2 Å². The maximum atomic E-state index is 12.2. The first kappa shape index (κ1) is 33.3. The summed E-state index contributed by atoms with van der Waals surface area (Å²) in [7, 11) is -1.93. The summed E-state index contributed by atoms with van der Waals surface area (Å²) in [4.78, 5) is 19.2. The van der Waals surface area contributed by atoms with Gasteiger partial charge >= 0.3 is 0 Å². The molecule has 1 saturated carbocycles. The Hall–Kier alpha value is -2.71. The molecule has 1 heterocycles. The first-order valence-electron chi connectivity index (χ1n) is 12.9. The van der Waals surface area contributed by atoms with E-state index in [4.69, 9.17) is 0 Å². The minimum absolute atomic E-state index is 0. The van der Waals surface area contributed by atoms with Gasteiger partial charge in [-0.15, -0.1) is 0 Å². The van der Waals surface area contributed by atoms with E-state index >= 15 is 0 Å². The summed E-state index contributed by atoms with van der Waals surface area (Å²) in [6.45, 7) is 16.5. The van der Waals surface area contributed by atoms with Crippen LogP contribution in [0.5, 0.6) is 0 Å². The zero-order chi connectivity index (χ0) is 27.6. The fourth-order valence-electron chi connectivity index (χ4n) is 3.18. The predicted molar refractivity (Wildman–Crippen MR) is 155 cm³/mol. The van der Waals surface area contributed by atoms with Crippen molar-refractivity contribution in [2.45, 2.75) is 78.7 Å². The first-order valence-corrected chi connectivity index (χ1v) is 14.4. The molecule has 1 aliphatic carbocycles. The lowest BCUT2D eigenvalue weighted by Gasteiger charge is -2.15. The number of hydrogen-bond acceptors (Lipinski definition) is 4. The number of carbonyl (C=O) groups is 1. The molecular formula is C28H50N4O3S. The highest BCUT2D eigenvalue weighted by Gasteiger charge is 2.18. The summed E-state index contributed by atoms with van der Waals surface area (Å²) in [5.74, 6) is 1.37. The highest BCUT2D eigenvalue weighted by molar-refractivity contribution is 7.89. The smallest absolute Gasteiger partial charge is 0.250 e. The van der Waals surface area contributed by atoms with Gasteiger partial charge in [0.2, 0.25) is 10.0 Å². The van der Waals surface area contributed by atoms with Gasteiger partial charge in [-0.3, -0.25) is 4.79 Å². The van der Waals surface area contributed by atoms with Crippen molar-refractivity contribution in [2.24, 2.45) is 5.92 Å². The Labute approximate surface area is 222 Å². The molecule has 1 aromatic carbocycles. The molecule has 2 aromatic rings. The second-order valence-corrected chi connectivity index (χ2v) is 10.0. The Bertz CT molecular complexity index is 1000. The van der Waals surface area contributed by atoms with Crippen LogP contribution in [0.2, 0.25) is 0 Å². The van der Waals surface area contributed by atoms with Crippen LogP contribution < -0.4 is 5.32 Å². The molecule has 3 rings (SSSR count). The number of hydrogen-bond donors (Lipinski definition) is 2. The van der Waals surface area contributed by atoms with Crippen LogP contribution in [-0.2, 0) is 21.4 Å². The summed E-state index contributed by atoms with van der Waals surface area (Å²) >= 11 is 0. The summed E-state index contributed by atoms with van der Waals surface area (Å²) in [6.07, 6.45) is 12.5. The maximum absolute atomic E-state index is 12.2. The lowest BCUT2D eigenvalue weighted by Crippen LogP contribution is -2.26. The molecule has 1 fully saturated rings. The zero-order valence-corrected chi connectivity index (χ0v) is 24.0. The lowest BCUT2D eigenvalue weighted by molar-refractivity contribution is -0.117. The van der Waals surface area contributed by atoms with Crippen molar-refractivity contribution in [1.82, 2.24) is 19.6 Å². The van der Waals surface area contributed by atoms with Gasteiger partial charge in [-0.1, -0.05) is 85.9 Å². The Morgan fingerprint density at radius 3 is 2.22 bits per heavy atom. The first-order chi connectivity index (χ1) is 17.2. The average molecular weight is 523 g/mol. The third kappa shape index (κ3) is 11.8. The number of nitrogens with zero attached hydrogens (tertiary/aromatic N) is 2. The third-order valence-corrected chi connectivity index (χ3v) is 7.37. The van der Waals surface area contributed by atoms with Gasteiger partial charge in [-0.05, 0) is 35.8 Å². The minimum atomic E-state index is -3.47. The molecule has 0 aliphatic heterocycles. The van der Waals surface area contributed by atoms with Crippen molar-refractivity contribution < 1.29 is 16.1 Å². The van der Waals surface area contributed by atoms with Crippen LogP contribution >= 0.6 is 0 Å². The summed E-state index contributed by atoms with van der Waals surface area (Å²) < 4.78 is 25.7. The second-order valence-electron chi connectivity index (χ2n) is 7.97. The molecule has 0 radical (unpaired) electrons. The number of aromatic nitrogens is 2. The number of amides is 1. The molecular weight excluding hydrogens is 472 g/mol. The monoisotopic (exact) mass is 522 g/mol. The molecule has 36 heavy (non-hydrogen) atoms. The Kier molecular flexibility index (Phi) is 17.1. The molecule has 206 valence electrons. The van der Waals surface area contributed by atoms with E-state index in [2.05, 4.69) is 28.8 Å². The number of aromatic amines is 1. The summed E-state index contributed by atoms with van der Waals surface area (Å²) in [5.41, 5.74) is 1.09. The van der Waals surface area contributed by atoms with Gasteiger partial charge in [0, 0.05) is 41.0 Å². The zero-order valence-electron chi connectivity index (χ0n) is 23.2. The molecule has 1 aromatic heterocycles. The van der Waals surface area contributed by atoms with Gasteiger partial charge in [0.15, 0.2) is 0 Å². The second kappa shape index (κ2) is 18.5. The van der Waals surface area contributed by atoms with E-state index in [0.717, 1.165) is 11.5 Å². The quantitative estimate of drug-likeness (QED) is 0.299. The van der Waals surface area contributed by atoms with Gasteiger partial charge in [-0.2, -0.15) is 0 Å². The summed E-state index contributed by atoms with van der Waals surface area (Å²) in [6, 6.07) is 6.43. The van der Waals surface area contributed by atoms with Gasteiger partial charge in [0.25, 0.3) is 5.91 Å². The maximum Gasteiger partial charge on any atom is 0.250 e. The fourth-order valence-corrected chi connectivity index (χ4v) is 4.36. The normalized spacial score (nSPS) is 13.1. The molecule has 7 nitrogen and oxygen atoms in total. The van der Waals surface area contributed by atoms with Crippen molar-refractivity contribution in [3.63, 3.8) is 0 Å². The van der Waals surface area contributed by atoms with Crippen LogP contribution in [0.4, 0.5) is 0 Å². The van der Waals surface area contributed by atoms with Crippen LogP contribution in [-0.4, -0.2) is 42.2 Å². The standard InChI is InChI=1S/C18H22N4O3S.C6H12.2C2H6.2H2/c1-4-22(3)26(24,25)16-8-6-15(7-9-16)13-21-18(23)14(2)5-10-17-19-11-12-20-17;1-6-4-2-3-5-6;2*1-2;;/h5-12H,2,4,13H2,1,3H3,(H,19,20)(H,21,23);6H,2-5H2,1H3;2*1-2H3;2*1H/b10-5-;;;;;. The largest absolute Gasteiger partial charge is 0.348 e. The van der Waals surface area contributed by atoms with Crippen molar-refractivity contribution >= 4 is 22.0 Å². The summed E-state index contributed by atoms with van der Waals surface area (Å²) in [5, 5.41) is 2.74. The lowest BCUT2D eigenvalue weighted by atomic mass is 10.2. The minimum Gasteiger partial charge on any atom is -0.348 e. The highest BCUT2D eigenvalue weighted by Crippen LogP contribution is 2.23. The van der Waals surface area contributed by atoms with E-state index in [-0.39, 0.29) is 20.2 Å². The number of imidazole rings is 1. The number of carbonyl (C=O) groups excluding carboxylic acids is 1. The molecule has 0 bridgehead atoms. The third-order valence-electron chi connectivity index (χ3n) is 5.43. The van der Waals surface area contributed by atoms with E-state index in [9.17, 15) is 13.2 Å². The molecule has 0 saturated heterocycles. The van der Waals surface area contributed by atoms with Gasteiger partial charge in [0.1, 0.15) is 5.82 Å². The number of H-pyrrole nitrogens is 1. The van der Waals surface area contributed by atoms with Crippen LogP contribution in [0.25, 0.3) is 6.08 Å². The molecule has 1 amide bonds. The molecule has 2 N–H and O–H groups in total. The fraction of sp³-hybridized carbons (Fsp3) is 0.500. The van der Waals surface area contributed by atoms with Crippen LogP contribution in [0.15, 0.2) is 59.8 Å². The van der Waals surface area contributed by atoms with Crippen molar-refractivity contribution in [3.8, 4) is 0 Å². The number of benzene rings is 1. The molecule has 1 aliphatic rings. The number of nitrogens with one attached hydrogen (secondary N) is 2. The Balaban J connectivity index is -0.000000873. The van der Waals surface area contributed by atoms with E-state index in [0.29, 0.717) is 17.9 Å². The van der Waals surface area contributed by atoms with Crippen molar-refractivity contribution in [1.29, 1.82) is 0 Å². The van der Waals surface area contributed by atoms with Gasteiger partial charge in [0.05, 0.1) is 4.90 Å². The molecule has 0 atom stereocenters. The Morgan fingerprint density at radius 1 is 1.19 bits per heavy atom. The molecule has 0 spiro atoms. The van der Waals surface area contributed by atoms with Crippen molar-refractivity contribution in [2.75, 3.05) is 13.6 Å². The number of sulfonamides is 1. The van der Waals surface area contributed by atoms with Gasteiger partial charge < -0.3 is 10.3 Å². The molecule has 8 heteroatoms. The van der Waals surface area contributed by atoms with E-state index in [1.807, 2.05) is 27.7 Å². The van der Waals surface area contributed by atoms with E-state index < -0.39 is 10.0 Å². The van der Waals surface area contributed by atoms with Crippen molar-refractivity contribution in [3.05, 3.63) is 66.3 Å². The van der Waals surface area contributed by atoms with Crippen LogP contribution in [0.3, 0.4) is 0 Å². The SMILES string of the molecule is C=C(/C=C\c1ncc[nH]1)C(=O)NCc1ccc(S(=O)(=O)N(C)CC)cc1.CC.CC.CC1CCCC1.[HH].[HH]. The highest BCUT2D eigenvalue weighted by atomic mass is 32.2. The molecule has 0 unspecified atom stereocenters. The van der Waals surface area contributed by atoms with Crippen LogP contribution in [0, 0.1) is 5.92 Å². The predicted octanol–water partition coefficient (Wildman–Crippen LogP) is 6.68. The van der Waals surface area contributed by atoms with Crippen LogP contribution in [0.1, 0.15) is 81.5 Å². The van der Waals surface area contributed by atoms with E-state index in [1.165, 1.54) is 49.2 Å². The Morgan fingerprint density at radius 2 is 1.78 bits per heavy atom. The van der Waals surface area contributed by atoms with E-state index in [1.54, 1.807) is 43.6 Å². The van der Waals surface area contributed by atoms with Gasteiger partial charge in [-0.25, -0.2) is 17.7 Å².